The smallest absolute Gasteiger partial charge is 0.228 e. The zero-order chi connectivity index (χ0) is 19.8. The quantitative estimate of drug-likeness (QED) is 0.599. The molecule has 3 rings (SSSR count). The predicted octanol–water partition coefficient (Wildman–Crippen LogP) is 4.67. The second kappa shape index (κ2) is 9.55. The van der Waals surface area contributed by atoms with Crippen LogP contribution >= 0.6 is 0 Å². The topological polar surface area (TPSA) is 50.4 Å². The van der Waals surface area contributed by atoms with Crippen LogP contribution in [0, 0.1) is 5.82 Å². The van der Waals surface area contributed by atoms with Gasteiger partial charge in [0.2, 0.25) is 5.91 Å². The predicted molar refractivity (Wildman–Crippen MR) is 110 cm³/mol. The third-order valence-corrected chi connectivity index (χ3v) is 4.32. The maximum Gasteiger partial charge on any atom is 0.228 e. The van der Waals surface area contributed by atoms with Gasteiger partial charge in [-0.15, -0.1) is 0 Å². The van der Waals surface area contributed by atoms with Crippen molar-refractivity contribution in [3.05, 3.63) is 89.7 Å². The number of hydrogen-bond acceptors (Lipinski definition) is 3. The minimum atomic E-state index is -0.338. The first-order valence-corrected chi connectivity index (χ1v) is 9.13. The van der Waals surface area contributed by atoms with Crippen molar-refractivity contribution in [2.75, 3.05) is 24.3 Å². The molecule has 0 heterocycles. The van der Waals surface area contributed by atoms with Crippen LogP contribution in [0.4, 0.5) is 15.8 Å². The molecule has 0 bridgehead atoms. The number of methoxy groups -OCH3 is 1. The molecule has 2 N–H and O–H groups in total. The summed E-state index contributed by atoms with van der Waals surface area (Å²) < 4.78 is 18.3. The molecule has 0 unspecified atom stereocenters. The molecular formula is C23H23FN2O2. The van der Waals surface area contributed by atoms with Crippen LogP contribution in [0.15, 0.2) is 72.8 Å². The lowest BCUT2D eigenvalue weighted by Crippen LogP contribution is -2.14. The lowest BCUT2D eigenvalue weighted by molar-refractivity contribution is -0.115. The molecule has 144 valence electrons. The van der Waals surface area contributed by atoms with Gasteiger partial charge in [0.05, 0.1) is 13.5 Å². The summed E-state index contributed by atoms with van der Waals surface area (Å²) in [7, 11) is 1.66. The van der Waals surface area contributed by atoms with Gasteiger partial charge in [0.1, 0.15) is 11.6 Å². The van der Waals surface area contributed by atoms with Crippen LogP contribution in [0.2, 0.25) is 0 Å². The van der Waals surface area contributed by atoms with Crippen molar-refractivity contribution in [2.24, 2.45) is 0 Å². The number of halogens is 1. The van der Waals surface area contributed by atoms with Crippen LogP contribution in [0.3, 0.4) is 0 Å². The van der Waals surface area contributed by atoms with Gasteiger partial charge in [-0.1, -0.05) is 24.3 Å². The van der Waals surface area contributed by atoms with Crippen LogP contribution in [0.25, 0.3) is 0 Å². The fraction of sp³-hybridized carbons (Fsp3) is 0.174. The van der Waals surface area contributed by atoms with Gasteiger partial charge in [0.15, 0.2) is 0 Å². The van der Waals surface area contributed by atoms with Crippen molar-refractivity contribution in [1.82, 2.24) is 0 Å². The van der Waals surface area contributed by atoms with Crippen molar-refractivity contribution < 1.29 is 13.9 Å². The molecule has 0 saturated heterocycles. The summed E-state index contributed by atoms with van der Waals surface area (Å²) in [5.41, 5.74) is 3.57. The maximum atomic E-state index is 13.2. The molecule has 0 aliphatic rings. The van der Waals surface area contributed by atoms with Gasteiger partial charge in [0.25, 0.3) is 0 Å². The molecule has 0 radical (unpaired) electrons. The molecule has 0 atom stereocenters. The van der Waals surface area contributed by atoms with E-state index in [0.717, 1.165) is 24.4 Å². The summed E-state index contributed by atoms with van der Waals surface area (Å²) in [5.74, 6) is 0.341. The van der Waals surface area contributed by atoms with Gasteiger partial charge < -0.3 is 15.4 Å². The van der Waals surface area contributed by atoms with Gasteiger partial charge in [-0.3, -0.25) is 4.79 Å². The van der Waals surface area contributed by atoms with Crippen molar-refractivity contribution in [3.8, 4) is 5.75 Å². The first-order valence-electron chi connectivity index (χ1n) is 9.13. The van der Waals surface area contributed by atoms with Crippen molar-refractivity contribution >= 4 is 17.3 Å². The van der Waals surface area contributed by atoms with Crippen LogP contribution in [-0.2, 0) is 17.6 Å². The molecule has 3 aromatic rings. The van der Waals surface area contributed by atoms with Crippen molar-refractivity contribution in [1.29, 1.82) is 0 Å². The highest BCUT2D eigenvalue weighted by molar-refractivity contribution is 5.92. The summed E-state index contributed by atoms with van der Waals surface area (Å²) in [6, 6.07) is 21.6. The second-order valence-electron chi connectivity index (χ2n) is 6.46. The lowest BCUT2D eigenvalue weighted by atomic mass is 10.1. The summed E-state index contributed by atoms with van der Waals surface area (Å²) in [6.45, 7) is 0.803. The Labute approximate surface area is 164 Å². The number of nitrogens with one attached hydrogen (secondary N) is 2. The number of carbonyl (C=O) groups excluding carboxylic acids is 1. The Bertz CT molecular complexity index is 909. The lowest BCUT2D eigenvalue weighted by Gasteiger charge is -2.09. The third kappa shape index (κ3) is 5.84. The Kier molecular flexibility index (Phi) is 6.63. The summed E-state index contributed by atoms with van der Waals surface area (Å²) in [4.78, 5) is 12.1. The Hall–Kier alpha value is -3.34. The van der Waals surface area contributed by atoms with E-state index in [4.69, 9.17) is 4.74 Å². The molecule has 0 aromatic heterocycles. The molecule has 28 heavy (non-hydrogen) atoms. The standard InChI is InChI=1S/C23H23FN2O2/c1-28-22-11-5-17(6-12-22)13-14-25-20-7-9-21(10-8-20)26-23(27)16-18-3-2-4-19(24)15-18/h2-12,15,25H,13-14,16H2,1H3,(H,26,27). The summed E-state index contributed by atoms with van der Waals surface area (Å²) in [5, 5.41) is 6.19. The van der Waals surface area contributed by atoms with Crippen LogP contribution in [0.5, 0.6) is 5.75 Å². The van der Waals surface area contributed by atoms with Gasteiger partial charge in [-0.25, -0.2) is 4.39 Å². The monoisotopic (exact) mass is 378 g/mol. The Morgan fingerprint density at radius 3 is 2.32 bits per heavy atom. The molecule has 4 nitrogen and oxygen atoms in total. The molecular weight excluding hydrogens is 355 g/mol. The zero-order valence-corrected chi connectivity index (χ0v) is 15.7. The van der Waals surface area contributed by atoms with E-state index in [2.05, 4.69) is 22.8 Å². The van der Waals surface area contributed by atoms with E-state index in [-0.39, 0.29) is 18.1 Å². The van der Waals surface area contributed by atoms with Crippen LogP contribution in [-0.4, -0.2) is 19.6 Å². The highest BCUT2D eigenvalue weighted by atomic mass is 19.1. The Morgan fingerprint density at radius 1 is 0.929 bits per heavy atom. The van der Waals surface area contributed by atoms with E-state index in [1.54, 1.807) is 19.2 Å². The normalized spacial score (nSPS) is 10.4. The van der Waals surface area contributed by atoms with Gasteiger partial charge in [-0.2, -0.15) is 0 Å². The van der Waals surface area contributed by atoms with Crippen LogP contribution in [0.1, 0.15) is 11.1 Å². The minimum absolute atomic E-state index is 0.139. The van der Waals surface area contributed by atoms with Crippen molar-refractivity contribution in [2.45, 2.75) is 12.8 Å². The van der Waals surface area contributed by atoms with E-state index in [1.165, 1.54) is 17.7 Å². The number of hydrogen-bond donors (Lipinski definition) is 2. The van der Waals surface area contributed by atoms with E-state index < -0.39 is 0 Å². The second-order valence-corrected chi connectivity index (χ2v) is 6.46. The molecule has 1 amide bonds. The zero-order valence-electron chi connectivity index (χ0n) is 15.7. The molecule has 3 aromatic carbocycles. The first kappa shape index (κ1) is 19.4. The van der Waals surface area contributed by atoms with Gasteiger partial charge >= 0.3 is 0 Å². The van der Waals surface area contributed by atoms with E-state index in [1.807, 2.05) is 36.4 Å². The number of carbonyl (C=O) groups is 1. The number of amides is 1. The molecule has 0 saturated carbocycles. The fourth-order valence-corrected chi connectivity index (χ4v) is 2.85. The van der Waals surface area contributed by atoms with E-state index >= 15 is 0 Å². The highest BCUT2D eigenvalue weighted by Crippen LogP contribution is 2.15. The molecule has 0 fully saturated rings. The average molecular weight is 378 g/mol. The van der Waals surface area contributed by atoms with Crippen molar-refractivity contribution in [3.63, 3.8) is 0 Å². The third-order valence-electron chi connectivity index (χ3n) is 4.32. The van der Waals surface area contributed by atoms with Crippen LogP contribution < -0.4 is 15.4 Å². The molecule has 0 aliphatic heterocycles. The highest BCUT2D eigenvalue weighted by Gasteiger charge is 2.05. The molecule has 5 heteroatoms. The Balaban J connectivity index is 1.45. The first-order chi connectivity index (χ1) is 13.6. The number of rotatable bonds is 8. The number of ether oxygens (including phenoxy) is 1. The van der Waals surface area contributed by atoms with Gasteiger partial charge in [0, 0.05) is 17.9 Å². The largest absolute Gasteiger partial charge is 0.497 e. The fourth-order valence-electron chi connectivity index (χ4n) is 2.85. The SMILES string of the molecule is COc1ccc(CCNc2ccc(NC(=O)Cc3cccc(F)c3)cc2)cc1. The number of benzene rings is 3. The van der Waals surface area contributed by atoms with Gasteiger partial charge in [-0.05, 0) is 66.1 Å². The number of anilines is 2. The van der Waals surface area contributed by atoms with E-state index in [9.17, 15) is 9.18 Å². The molecule has 0 aliphatic carbocycles. The average Bonchev–Trinajstić information content (AvgIpc) is 2.70. The summed E-state index contributed by atoms with van der Waals surface area (Å²) in [6.07, 6.45) is 1.04. The Morgan fingerprint density at radius 2 is 1.64 bits per heavy atom. The molecule has 0 spiro atoms. The van der Waals surface area contributed by atoms with E-state index in [0.29, 0.717) is 11.3 Å². The summed E-state index contributed by atoms with van der Waals surface area (Å²) >= 11 is 0. The minimum Gasteiger partial charge on any atom is -0.497 e. The maximum absolute atomic E-state index is 13.2.